The van der Waals surface area contributed by atoms with Crippen LogP contribution in [0.3, 0.4) is 0 Å². The van der Waals surface area contributed by atoms with Crippen LogP contribution in [-0.2, 0) is 0 Å². The molecule has 0 aliphatic heterocycles. The van der Waals surface area contributed by atoms with E-state index >= 15 is 0 Å². The summed E-state index contributed by atoms with van der Waals surface area (Å²) in [6, 6.07) is 7.54. The Bertz CT molecular complexity index is 249. The quantitative estimate of drug-likeness (QED) is 0.472. The number of benzene rings is 1. The summed E-state index contributed by atoms with van der Waals surface area (Å²) in [5, 5.41) is 19.2. The fourth-order valence-corrected chi connectivity index (χ4v) is 0.650. The van der Waals surface area contributed by atoms with Crippen molar-refractivity contribution in [3.05, 3.63) is 45.7 Å². The van der Waals surface area contributed by atoms with Crippen LogP contribution in [0.5, 0.6) is 0 Å². The summed E-state index contributed by atoms with van der Waals surface area (Å²) in [6.45, 7) is 0. The third-order valence-corrected chi connectivity index (χ3v) is 1.13. The Morgan fingerprint density at radius 2 is 1.82 bits per heavy atom. The molecule has 0 saturated carbocycles. The molecular formula is C6H5N2O3-. The normalized spacial score (nSPS) is 9.18. The monoisotopic (exact) mass is 153 g/mol. The maximum atomic E-state index is 10.6. The van der Waals surface area contributed by atoms with Crippen molar-refractivity contribution in [2.75, 3.05) is 5.17 Å². The molecule has 58 valence electrons. The highest BCUT2D eigenvalue weighted by Crippen LogP contribution is 2.10. The zero-order valence-corrected chi connectivity index (χ0v) is 5.51. The van der Waals surface area contributed by atoms with Crippen molar-refractivity contribution >= 4 is 5.69 Å². The fraction of sp³-hybridized carbons (Fsp3) is 0. The van der Waals surface area contributed by atoms with Gasteiger partial charge in [-0.05, 0) is 12.1 Å². The van der Waals surface area contributed by atoms with Crippen molar-refractivity contribution in [1.29, 1.82) is 0 Å². The summed E-state index contributed by atoms with van der Waals surface area (Å²) in [7, 11) is 0. The molecule has 0 amide bonds. The molecule has 0 aliphatic rings. The SMILES string of the molecule is O=[N+]([O-])N([O-])c1ccccc1. The summed E-state index contributed by atoms with van der Waals surface area (Å²) >= 11 is 0. The zero-order chi connectivity index (χ0) is 8.27. The maximum absolute atomic E-state index is 10.6. The number of para-hydroxylation sites is 1. The van der Waals surface area contributed by atoms with E-state index in [9.17, 15) is 15.3 Å². The lowest BCUT2D eigenvalue weighted by molar-refractivity contribution is -0.485. The smallest absolute Gasteiger partial charge is 0.155 e. The van der Waals surface area contributed by atoms with Gasteiger partial charge >= 0.3 is 0 Å². The molecule has 1 aromatic carbocycles. The van der Waals surface area contributed by atoms with Gasteiger partial charge in [0.05, 0.1) is 5.69 Å². The van der Waals surface area contributed by atoms with E-state index in [-0.39, 0.29) is 10.9 Å². The molecule has 0 radical (unpaired) electrons. The lowest BCUT2D eigenvalue weighted by Gasteiger charge is -2.16. The van der Waals surface area contributed by atoms with E-state index in [1.165, 1.54) is 12.1 Å². The fourth-order valence-electron chi connectivity index (χ4n) is 0.650. The first-order chi connectivity index (χ1) is 5.22. The average Bonchev–Trinajstić information content (AvgIpc) is 2.05. The topological polar surface area (TPSA) is 69.4 Å². The number of hydrogen-bond donors (Lipinski definition) is 0. The number of hydrogen-bond acceptors (Lipinski definition) is 3. The minimum absolute atomic E-state index is 0.0255. The molecule has 5 heteroatoms. The van der Waals surface area contributed by atoms with Gasteiger partial charge in [-0.2, -0.15) is 0 Å². The summed E-state index contributed by atoms with van der Waals surface area (Å²) in [5.74, 6) is 0. The van der Waals surface area contributed by atoms with Gasteiger partial charge in [0.2, 0.25) is 0 Å². The molecule has 0 aliphatic carbocycles. The predicted molar refractivity (Wildman–Crippen MR) is 39.3 cm³/mol. The standard InChI is InChI=1S/C6H5N2O3/c9-7(8(10)11)6-4-2-1-3-5-6/h1-5H/q-1. The number of anilines is 1. The highest BCUT2D eigenvalue weighted by molar-refractivity contribution is 5.43. The molecule has 1 rings (SSSR count). The van der Waals surface area contributed by atoms with Gasteiger partial charge in [0.25, 0.3) is 0 Å². The molecule has 0 bridgehead atoms. The van der Waals surface area contributed by atoms with Gasteiger partial charge in [0.1, 0.15) is 0 Å². The van der Waals surface area contributed by atoms with Gasteiger partial charge in [-0.25, -0.2) is 10.1 Å². The largest absolute Gasteiger partial charge is 0.698 e. The number of rotatable bonds is 2. The van der Waals surface area contributed by atoms with Crippen molar-refractivity contribution in [3.63, 3.8) is 0 Å². The molecule has 0 fully saturated rings. The average molecular weight is 153 g/mol. The third kappa shape index (κ3) is 1.65. The van der Waals surface area contributed by atoms with Crippen LogP contribution < -0.4 is 5.17 Å². The second kappa shape index (κ2) is 2.98. The van der Waals surface area contributed by atoms with Gasteiger partial charge in [-0.1, -0.05) is 18.2 Å². The van der Waals surface area contributed by atoms with E-state index in [1.54, 1.807) is 18.2 Å². The lowest BCUT2D eigenvalue weighted by Crippen LogP contribution is -2.21. The minimum atomic E-state index is -1.02. The van der Waals surface area contributed by atoms with Crippen molar-refractivity contribution in [2.24, 2.45) is 0 Å². The van der Waals surface area contributed by atoms with E-state index in [1.807, 2.05) is 0 Å². The molecule has 5 nitrogen and oxygen atoms in total. The molecule has 0 unspecified atom stereocenters. The second-order valence-corrected chi connectivity index (χ2v) is 1.85. The predicted octanol–water partition coefficient (Wildman–Crippen LogP) is 1.18. The number of nitro groups is 1. The summed E-state index contributed by atoms with van der Waals surface area (Å²) < 4.78 is 0. The lowest BCUT2D eigenvalue weighted by atomic mass is 10.3. The first kappa shape index (κ1) is 7.49. The number of nitrogens with zero attached hydrogens (tertiary/aromatic N) is 2. The van der Waals surface area contributed by atoms with Crippen LogP contribution in [0, 0.1) is 15.3 Å². The Morgan fingerprint density at radius 1 is 1.27 bits per heavy atom. The van der Waals surface area contributed by atoms with Crippen molar-refractivity contribution in [2.45, 2.75) is 0 Å². The van der Waals surface area contributed by atoms with E-state index in [0.29, 0.717) is 0 Å². The Hall–Kier alpha value is -1.62. The Kier molecular flexibility index (Phi) is 2.03. The molecule has 0 heterocycles. The first-order valence-corrected chi connectivity index (χ1v) is 2.88. The van der Waals surface area contributed by atoms with Crippen LogP contribution in [0.4, 0.5) is 5.69 Å². The highest BCUT2D eigenvalue weighted by Gasteiger charge is 2.01. The Labute approximate surface area is 62.6 Å². The molecule has 0 aromatic heterocycles. The van der Waals surface area contributed by atoms with Crippen LogP contribution in [0.25, 0.3) is 0 Å². The Morgan fingerprint density at radius 3 is 2.27 bits per heavy atom. The van der Waals surface area contributed by atoms with Crippen molar-refractivity contribution in [3.8, 4) is 0 Å². The highest BCUT2D eigenvalue weighted by atomic mass is 16.8. The minimum Gasteiger partial charge on any atom is -0.698 e. The summed E-state index contributed by atoms with van der Waals surface area (Å²) in [6.07, 6.45) is 0. The Balaban J connectivity index is 2.85. The van der Waals surface area contributed by atoms with Crippen molar-refractivity contribution in [1.82, 2.24) is 0 Å². The van der Waals surface area contributed by atoms with Crippen molar-refractivity contribution < 1.29 is 5.03 Å². The van der Waals surface area contributed by atoms with E-state index in [4.69, 9.17) is 0 Å². The zero-order valence-electron chi connectivity index (χ0n) is 5.51. The molecule has 11 heavy (non-hydrogen) atoms. The van der Waals surface area contributed by atoms with Gasteiger partial charge in [0, 0.05) is 0 Å². The van der Waals surface area contributed by atoms with Gasteiger partial charge < -0.3 is 5.21 Å². The molecule has 1 aromatic rings. The van der Waals surface area contributed by atoms with E-state index < -0.39 is 5.03 Å². The van der Waals surface area contributed by atoms with Crippen LogP contribution in [0.1, 0.15) is 0 Å². The van der Waals surface area contributed by atoms with E-state index in [0.717, 1.165) is 0 Å². The van der Waals surface area contributed by atoms with E-state index in [2.05, 4.69) is 0 Å². The maximum Gasteiger partial charge on any atom is 0.155 e. The molecule has 0 N–H and O–H groups in total. The number of hydrazine groups is 1. The first-order valence-electron chi connectivity index (χ1n) is 2.88. The second-order valence-electron chi connectivity index (χ2n) is 1.85. The van der Waals surface area contributed by atoms with Crippen LogP contribution in [0.15, 0.2) is 30.3 Å². The van der Waals surface area contributed by atoms with Crippen LogP contribution in [-0.4, -0.2) is 5.03 Å². The summed E-state index contributed by atoms with van der Waals surface area (Å²) in [5.41, 5.74) is 0.0255. The van der Waals surface area contributed by atoms with Gasteiger partial charge in [-0.3, -0.25) is 0 Å². The molecular weight excluding hydrogens is 148 g/mol. The van der Waals surface area contributed by atoms with Gasteiger partial charge in [-0.15, -0.1) is 5.17 Å². The van der Waals surface area contributed by atoms with Gasteiger partial charge in [0.15, 0.2) is 5.03 Å². The molecule has 0 atom stereocenters. The molecule has 0 spiro atoms. The van der Waals surface area contributed by atoms with Crippen LogP contribution >= 0.6 is 0 Å². The van der Waals surface area contributed by atoms with Crippen LogP contribution in [0.2, 0.25) is 0 Å². The third-order valence-electron chi connectivity index (χ3n) is 1.13. The molecule has 0 saturated heterocycles. The summed E-state index contributed by atoms with van der Waals surface area (Å²) in [4.78, 5) is 9.92.